The predicted octanol–water partition coefficient (Wildman–Crippen LogP) is 6.80. The standard InChI is InChI=1S/C20H19Br2Cl2N3O/c1-20(10-14(22)11-21)12-27(19(28)25-17-8-6-16(24)7-9-17)26-18(20)13-2-4-15(23)5-3-13/h2-9,14H,10-12H2,1H3,(H,25,28). The third-order valence-corrected chi connectivity index (χ3v) is 7.38. The summed E-state index contributed by atoms with van der Waals surface area (Å²) >= 11 is 19.2. The fraction of sp³-hybridized carbons (Fsp3) is 0.300. The summed E-state index contributed by atoms with van der Waals surface area (Å²) in [5.41, 5.74) is 2.21. The van der Waals surface area contributed by atoms with Gasteiger partial charge >= 0.3 is 6.03 Å². The van der Waals surface area contributed by atoms with E-state index >= 15 is 0 Å². The number of hydrogen-bond donors (Lipinski definition) is 1. The fourth-order valence-corrected chi connectivity index (χ4v) is 4.43. The Morgan fingerprint density at radius 1 is 1.18 bits per heavy atom. The highest BCUT2D eigenvalue weighted by atomic mass is 79.9. The minimum absolute atomic E-state index is 0.259. The van der Waals surface area contributed by atoms with Crippen LogP contribution in [-0.2, 0) is 0 Å². The van der Waals surface area contributed by atoms with Gasteiger partial charge < -0.3 is 5.32 Å². The smallest absolute Gasteiger partial charge is 0.306 e. The van der Waals surface area contributed by atoms with E-state index in [0.29, 0.717) is 22.3 Å². The topological polar surface area (TPSA) is 44.7 Å². The molecule has 0 aromatic heterocycles. The second-order valence-corrected chi connectivity index (χ2v) is 9.78. The number of benzene rings is 2. The van der Waals surface area contributed by atoms with Gasteiger partial charge in [0.1, 0.15) is 0 Å². The zero-order chi connectivity index (χ0) is 20.3. The molecule has 28 heavy (non-hydrogen) atoms. The molecule has 1 N–H and O–H groups in total. The molecule has 148 valence electrons. The molecule has 0 aliphatic carbocycles. The van der Waals surface area contributed by atoms with Crippen molar-refractivity contribution in [2.24, 2.45) is 10.5 Å². The SMILES string of the molecule is CC1(CC(Br)CBr)CN(C(=O)Nc2ccc(Cl)cc2)N=C1c1ccc(Cl)cc1. The zero-order valence-corrected chi connectivity index (χ0v) is 19.8. The van der Waals surface area contributed by atoms with E-state index in [9.17, 15) is 4.79 Å². The molecule has 2 aromatic carbocycles. The maximum Gasteiger partial charge on any atom is 0.342 e. The lowest BCUT2D eigenvalue weighted by molar-refractivity contribution is 0.207. The molecule has 0 radical (unpaired) electrons. The molecule has 2 amide bonds. The van der Waals surface area contributed by atoms with Gasteiger partial charge in [0.05, 0.1) is 12.3 Å². The number of hydrogen-bond acceptors (Lipinski definition) is 2. The lowest BCUT2D eigenvalue weighted by Crippen LogP contribution is -2.37. The number of hydrazone groups is 1. The Hall–Kier alpha value is -1.08. The van der Waals surface area contributed by atoms with E-state index in [4.69, 9.17) is 23.2 Å². The Morgan fingerprint density at radius 2 is 1.75 bits per heavy atom. The quantitative estimate of drug-likeness (QED) is 0.411. The van der Waals surface area contributed by atoms with Crippen molar-refractivity contribution in [1.82, 2.24) is 5.01 Å². The van der Waals surface area contributed by atoms with E-state index in [2.05, 4.69) is 49.2 Å². The molecule has 4 nitrogen and oxygen atoms in total. The Morgan fingerprint density at radius 3 is 2.32 bits per heavy atom. The first-order valence-corrected chi connectivity index (χ1v) is 11.5. The van der Waals surface area contributed by atoms with Crippen LogP contribution in [0.4, 0.5) is 10.5 Å². The van der Waals surface area contributed by atoms with E-state index in [1.54, 1.807) is 24.3 Å². The van der Waals surface area contributed by atoms with Gasteiger partial charge in [-0.1, -0.05) is 74.1 Å². The molecule has 0 fully saturated rings. The summed E-state index contributed by atoms with van der Waals surface area (Å²) in [6, 6.07) is 14.3. The maximum atomic E-state index is 12.8. The van der Waals surface area contributed by atoms with Crippen LogP contribution in [0.2, 0.25) is 10.0 Å². The number of rotatable bonds is 5. The number of alkyl halides is 2. The minimum Gasteiger partial charge on any atom is -0.306 e. The maximum absolute atomic E-state index is 12.8. The molecule has 0 saturated carbocycles. The van der Waals surface area contributed by atoms with Crippen LogP contribution >= 0.6 is 55.1 Å². The molecule has 1 heterocycles. The van der Waals surface area contributed by atoms with Gasteiger partial charge in [-0.15, -0.1) is 0 Å². The van der Waals surface area contributed by atoms with Crippen LogP contribution in [0.25, 0.3) is 0 Å². The van der Waals surface area contributed by atoms with Gasteiger partial charge in [-0.25, -0.2) is 9.80 Å². The number of anilines is 1. The average Bonchev–Trinajstić information content (AvgIpc) is 3.01. The summed E-state index contributed by atoms with van der Waals surface area (Å²) in [4.78, 5) is 13.1. The summed E-state index contributed by atoms with van der Waals surface area (Å²) < 4.78 is 0. The normalized spacial score (nSPS) is 20.0. The second kappa shape index (κ2) is 9.16. The van der Waals surface area contributed by atoms with Gasteiger partial charge in [0.15, 0.2) is 0 Å². The summed E-state index contributed by atoms with van der Waals surface area (Å²) in [7, 11) is 0. The molecule has 8 heteroatoms. The Bertz CT molecular complexity index is 874. The zero-order valence-electron chi connectivity index (χ0n) is 15.1. The fourth-order valence-electron chi connectivity index (χ4n) is 3.24. The molecule has 2 aromatic rings. The Kier molecular flexibility index (Phi) is 7.07. The van der Waals surface area contributed by atoms with Crippen molar-refractivity contribution >= 4 is 72.5 Å². The van der Waals surface area contributed by atoms with Crippen LogP contribution in [0.5, 0.6) is 0 Å². The Balaban J connectivity index is 1.87. The van der Waals surface area contributed by atoms with Crippen molar-refractivity contribution in [2.75, 3.05) is 17.2 Å². The van der Waals surface area contributed by atoms with E-state index in [-0.39, 0.29) is 16.3 Å². The van der Waals surface area contributed by atoms with Crippen molar-refractivity contribution in [3.05, 3.63) is 64.1 Å². The highest BCUT2D eigenvalue weighted by Crippen LogP contribution is 2.38. The third-order valence-electron chi connectivity index (χ3n) is 4.58. The molecule has 0 saturated heterocycles. The van der Waals surface area contributed by atoms with Gasteiger partial charge in [0.2, 0.25) is 0 Å². The Labute approximate surface area is 191 Å². The monoisotopic (exact) mass is 545 g/mol. The number of urea groups is 1. The molecule has 2 atom stereocenters. The first-order valence-electron chi connectivity index (χ1n) is 8.70. The summed E-state index contributed by atoms with van der Waals surface area (Å²) in [6.07, 6.45) is 0.824. The first-order chi connectivity index (χ1) is 13.3. The van der Waals surface area contributed by atoms with Gasteiger partial charge in [-0.2, -0.15) is 5.10 Å². The summed E-state index contributed by atoms with van der Waals surface area (Å²) in [5, 5.41) is 11.1. The van der Waals surface area contributed by atoms with Crippen molar-refractivity contribution in [3.8, 4) is 0 Å². The van der Waals surface area contributed by atoms with Gasteiger partial charge in [0.25, 0.3) is 0 Å². The lowest BCUT2D eigenvalue weighted by atomic mass is 9.78. The predicted molar refractivity (Wildman–Crippen MR) is 124 cm³/mol. The van der Waals surface area contributed by atoms with Gasteiger partial charge in [0, 0.05) is 31.3 Å². The van der Waals surface area contributed by atoms with Gasteiger partial charge in [-0.3, -0.25) is 0 Å². The molecule has 1 aliphatic rings. The molecule has 2 unspecified atom stereocenters. The number of nitrogens with one attached hydrogen (secondary N) is 1. The van der Waals surface area contributed by atoms with Crippen molar-refractivity contribution in [1.29, 1.82) is 0 Å². The number of halogens is 4. The number of carbonyl (C=O) groups excluding carboxylic acids is 1. The molecule has 3 rings (SSSR count). The van der Waals surface area contributed by atoms with Crippen LogP contribution in [0, 0.1) is 5.41 Å². The molecule has 0 spiro atoms. The summed E-state index contributed by atoms with van der Waals surface area (Å²) in [6.45, 7) is 2.62. The van der Waals surface area contributed by atoms with Crippen molar-refractivity contribution in [2.45, 2.75) is 18.2 Å². The average molecular weight is 548 g/mol. The molecule has 1 aliphatic heterocycles. The van der Waals surface area contributed by atoms with E-state index in [0.717, 1.165) is 23.0 Å². The number of amides is 2. The van der Waals surface area contributed by atoms with E-state index < -0.39 is 0 Å². The van der Waals surface area contributed by atoms with Crippen LogP contribution in [0.15, 0.2) is 53.6 Å². The van der Waals surface area contributed by atoms with Crippen molar-refractivity contribution < 1.29 is 4.79 Å². The number of carbonyl (C=O) groups is 1. The van der Waals surface area contributed by atoms with E-state index in [1.807, 2.05) is 24.3 Å². The summed E-state index contributed by atoms with van der Waals surface area (Å²) in [5.74, 6) is 0. The lowest BCUT2D eigenvalue weighted by Gasteiger charge is -2.28. The number of nitrogens with zero attached hydrogens (tertiary/aromatic N) is 2. The third kappa shape index (κ3) is 5.09. The van der Waals surface area contributed by atoms with E-state index in [1.165, 1.54) is 5.01 Å². The highest BCUT2D eigenvalue weighted by molar-refractivity contribution is 9.12. The van der Waals surface area contributed by atoms with Crippen LogP contribution in [0.3, 0.4) is 0 Å². The highest BCUT2D eigenvalue weighted by Gasteiger charge is 2.42. The minimum atomic E-state index is -0.299. The molecular weight excluding hydrogens is 529 g/mol. The molecular formula is C20H19Br2Cl2N3O. The molecule has 0 bridgehead atoms. The second-order valence-electron chi connectivity index (χ2n) is 6.97. The largest absolute Gasteiger partial charge is 0.342 e. The van der Waals surface area contributed by atoms with Gasteiger partial charge in [-0.05, 0) is 48.4 Å². The van der Waals surface area contributed by atoms with Crippen LogP contribution in [0.1, 0.15) is 18.9 Å². The van der Waals surface area contributed by atoms with Crippen LogP contribution in [-0.4, -0.2) is 33.5 Å². The first kappa shape index (κ1) is 21.6. The van der Waals surface area contributed by atoms with Crippen molar-refractivity contribution in [3.63, 3.8) is 0 Å². The van der Waals surface area contributed by atoms with Crippen LogP contribution < -0.4 is 5.32 Å².